The van der Waals surface area contributed by atoms with Crippen LogP contribution < -0.4 is 5.32 Å². The summed E-state index contributed by atoms with van der Waals surface area (Å²) in [4.78, 5) is 15.5. The minimum atomic E-state index is -3.57. The van der Waals surface area contributed by atoms with E-state index < -0.39 is 15.7 Å². The lowest BCUT2D eigenvalue weighted by Crippen LogP contribution is -2.37. The Labute approximate surface area is 182 Å². The third-order valence-electron chi connectivity index (χ3n) is 5.62. The molecular weight excluding hydrogens is 412 g/mol. The highest BCUT2D eigenvalue weighted by Gasteiger charge is 2.26. The molecule has 4 rings (SSSR count). The average Bonchev–Trinajstić information content (AvgIpc) is 3.47. The van der Waals surface area contributed by atoms with Crippen LogP contribution in [0, 0.1) is 0 Å². The highest BCUT2D eigenvalue weighted by atomic mass is 32.2. The monoisotopic (exact) mass is 438 g/mol. The Hall–Kier alpha value is -2.90. The van der Waals surface area contributed by atoms with E-state index in [2.05, 4.69) is 22.3 Å². The number of likely N-dealkylation sites (tertiary alicyclic amines) is 1. The number of nitrogens with one attached hydrogen (secondary N) is 1. The Morgan fingerprint density at radius 1 is 0.968 bits per heavy atom. The molecule has 2 heterocycles. The van der Waals surface area contributed by atoms with Crippen LogP contribution in [0.5, 0.6) is 0 Å². The molecule has 0 radical (unpaired) electrons. The first-order valence-corrected chi connectivity index (χ1v) is 12.1. The Bertz CT molecular complexity index is 1100. The number of rotatable bonds is 8. The Balaban J connectivity index is 1.47. The zero-order chi connectivity index (χ0) is 21.7. The number of carbonyl (C=O) groups is 1. The van der Waals surface area contributed by atoms with Crippen molar-refractivity contribution in [3.05, 3.63) is 89.9 Å². The second kappa shape index (κ2) is 9.49. The van der Waals surface area contributed by atoms with Crippen LogP contribution in [0.25, 0.3) is 0 Å². The number of amides is 1. The van der Waals surface area contributed by atoms with E-state index in [9.17, 15) is 13.2 Å². The SMILES string of the molecule is O=C(NCC(c1ccccc1)N1CCCC1)c1occc1CS(=O)(=O)c1ccccc1. The molecule has 0 bridgehead atoms. The van der Waals surface area contributed by atoms with Crippen molar-refractivity contribution >= 4 is 15.7 Å². The molecule has 1 fully saturated rings. The van der Waals surface area contributed by atoms with Gasteiger partial charge in [-0.05, 0) is 49.7 Å². The van der Waals surface area contributed by atoms with Crippen LogP contribution in [0.1, 0.15) is 40.6 Å². The maximum atomic E-state index is 12.9. The lowest BCUT2D eigenvalue weighted by Gasteiger charge is -2.28. The minimum absolute atomic E-state index is 0.0488. The summed E-state index contributed by atoms with van der Waals surface area (Å²) in [7, 11) is -3.57. The van der Waals surface area contributed by atoms with Crippen LogP contribution >= 0.6 is 0 Å². The summed E-state index contributed by atoms with van der Waals surface area (Å²) < 4.78 is 30.8. The van der Waals surface area contributed by atoms with E-state index in [-0.39, 0.29) is 22.5 Å². The van der Waals surface area contributed by atoms with Gasteiger partial charge in [-0.15, -0.1) is 0 Å². The van der Waals surface area contributed by atoms with Crippen molar-refractivity contribution in [2.45, 2.75) is 29.5 Å². The van der Waals surface area contributed by atoms with Gasteiger partial charge in [0.2, 0.25) is 0 Å². The predicted molar refractivity (Wildman–Crippen MR) is 118 cm³/mol. The average molecular weight is 439 g/mol. The number of hydrogen-bond donors (Lipinski definition) is 1. The highest BCUT2D eigenvalue weighted by Crippen LogP contribution is 2.25. The van der Waals surface area contributed by atoms with E-state index >= 15 is 0 Å². The first-order chi connectivity index (χ1) is 15.0. The van der Waals surface area contributed by atoms with Crippen molar-refractivity contribution in [2.24, 2.45) is 0 Å². The van der Waals surface area contributed by atoms with Crippen molar-refractivity contribution in [3.8, 4) is 0 Å². The third-order valence-corrected chi connectivity index (χ3v) is 7.30. The maximum Gasteiger partial charge on any atom is 0.287 e. The predicted octanol–water partition coefficient (Wildman–Crippen LogP) is 3.82. The molecule has 3 aromatic rings. The molecule has 7 heteroatoms. The zero-order valence-electron chi connectivity index (χ0n) is 17.2. The van der Waals surface area contributed by atoms with Gasteiger partial charge < -0.3 is 9.73 Å². The number of furan rings is 1. The summed E-state index contributed by atoms with van der Waals surface area (Å²) in [5, 5.41) is 2.96. The van der Waals surface area contributed by atoms with E-state index in [4.69, 9.17) is 4.42 Å². The molecule has 1 aliphatic heterocycles. The first-order valence-electron chi connectivity index (χ1n) is 10.5. The van der Waals surface area contributed by atoms with E-state index in [0.29, 0.717) is 12.1 Å². The Morgan fingerprint density at radius 2 is 1.61 bits per heavy atom. The van der Waals surface area contributed by atoms with E-state index in [1.54, 1.807) is 36.4 Å². The molecule has 2 aromatic carbocycles. The van der Waals surface area contributed by atoms with Crippen LogP contribution in [0.15, 0.2) is 82.3 Å². The molecule has 0 saturated carbocycles. The molecule has 31 heavy (non-hydrogen) atoms. The van der Waals surface area contributed by atoms with Gasteiger partial charge >= 0.3 is 0 Å². The maximum absolute atomic E-state index is 12.9. The lowest BCUT2D eigenvalue weighted by atomic mass is 10.1. The molecular formula is C24H26N2O4S. The van der Waals surface area contributed by atoms with Gasteiger partial charge in [0.05, 0.1) is 23.0 Å². The van der Waals surface area contributed by atoms with Crippen molar-refractivity contribution in [2.75, 3.05) is 19.6 Å². The number of hydrogen-bond acceptors (Lipinski definition) is 5. The fraction of sp³-hybridized carbons (Fsp3) is 0.292. The van der Waals surface area contributed by atoms with Crippen LogP contribution in [-0.4, -0.2) is 38.9 Å². The molecule has 1 atom stereocenters. The van der Waals surface area contributed by atoms with Crippen molar-refractivity contribution in [1.29, 1.82) is 0 Å². The molecule has 1 unspecified atom stereocenters. The first kappa shape index (κ1) is 21.3. The molecule has 162 valence electrons. The lowest BCUT2D eigenvalue weighted by molar-refractivity contribution is 0.0909. The topological polar surface area (TPSA) is 79.6 Å². The number of benzene rings is 2. The number of nitrogens with zero attached hydrogens (tertiary/aromatic N) is 1. The summed E-state index contributed by atoms with van der Waals surface area (Å²) in [6.07, 6.45) is 3.66. The molecule has 1 aliphatic rings. The van der Waals surface area contributed by atoms with E-state index in [0.717, 1.165) is 31.5 Å². The van der Waals surface area contributed by atoms with Crippen LogP contribution in [0.2, 0.25) is 0 Å². The molecule has 6 nitrogen and oxygen atoms in total. The smallest absolute Gasteiger partial charge is 0.287 e. The van der Waals surface area contributed by atoms with Crippen molar-refractivity contribution in [1.82, 2.24) is 10.2 Å². The van der Waals surface area contributed by atoms with E-state index in [1.165, 1.54) is 6.26 Å². The molecule has 1 saturated heterocycles. The minimum Gasteiger partial charge on any atom is -0.459 e. The molecule has 1 N–H and O–H groups in total. The second-order valence-electron chi connectivity index (χ2n) is 7.73. The van der Waals surface area contributed by atoms with Gasteiger partial charge in [0.15, 0.2) is 15.6 Å². The quantitative estimate of drug-likeness (QED) is 0.578. The zero-order valence-corrected chi connectivity index (χ0v) is 18.1. The fourth-order valence-corrected chi connectivity index (χ4v) is 5.40. The molecule has 1 aromatic heterocycles. The van der Waals surface area contributed by atoms with Gasteiger partial charge in [-0.1, -0.05) is 48.5 Å². The van der Waals surface area contributed by atoms with Crippen molar-refractivity contribution < 1.29 is 17.6 Å². The summed E-state index contributed by atoms with van der Waals surface area (Å²) in [6.45, 7) is 2.42. The largest absolute Gasteiger partial charge is 0.459 e. The van der Waals surface area contributed by atoms with Crippen LogP contribution in [-0.2, 0) is 15.6 Å². The summed E-state index contributed by atoms with van der Waals surface area (Å²) in [5.74, 6) is -0.638. The molecule has 0 aliphatic carbocycles. The van der Waals surface area contributed by atoms with Gasteiger partial charge in [-0.2, -0.15) is 0 Å². The van der Waals surface area contributed by atoms with Crippen LogP contribution in [0.3, 0.4) is 0 Å². The fourth-order valence-electron chi connectivity index (χ4n) is 4.02. The van der Waals surface area contributed by atoms with Crippen LogP contribution in [0.4, 0.5) is 0 Å². The van der Waals surface area contributed by atoms with Gasteiger partial charge in [0.25, 0.3) is 5.91 Å². The number of sulfone groups is 1. The van der Waals surface area contributed by atoms with Gasteiger partial charge in [-0.3, -0.25) is 9.69 Å². The number of carbonyl (C=O) groups excluding carboxylic acids is 1. The van der Waals surface area contributed by atoms with Gasteiger partial charge in [0.1, 0.15) is 0 Å². The normalized spacial score (nSPS) is 15.6. The second-order valence-corrected chi connectivity index (χ2v) is 9.72. The van der Waals surface area contributed by atoms with Crippen molar-refractivity contribution in [3.63, 3.8) is 0 Å². The summed E-state index contributed by atoms with van der Waals surface area (Å²) in [5.41, 5.74) is 1.51. The third kappa shape index (κ3) is 5.06. The Morgan fingerprint density at radius 3 is 2.29 bits per heavy atom. The summed E-state index contributed by atoms with van der Waals surface area (Å²) >= 11 is 0. The molecule has 1 amide bonds. The highest BCUT2D eigenvalue weighted by molar-refractivity contribution is 7.90. The van der Waals surface area contributed by atoms with E-state index in [1.807, 2.05) is 18.2 Å². The van der Waals surface area contributed by atoms with Gasteiger partial charge in [-0.25, -0.2) is 8.42 Å². The Kier molecular flexibility index (Phi) is 6.53. The molecule has 0 spiro atoms. The standard InChI is InChI=1S/C24H26N2O4S/c27-24(25-17-22(26-14-7-8-15-26)19-9-3-1-4-10-19)23-20(13-16-30-23)18-31(28,29)21-11-5-2-6-12-21/h1-6,9-13,16,22H,7-8,14-15,17-18H2,(H,25,27). The summed E-state index contributed by atoms with van der Waals surface area (Å²) in [6, 6.07) is 20.0. The van der Waals surface area contributed by atoms with Gasteiger partial charge in [0, 0.05) is 12.1 Å².